The second kappa shape index (κ2) is 9.13. The number of aliphatic hydroxyl groups excluding tert-OH is 1. The molecule has 2 aromatic heterocycles. The van der Waals surface area contributed by atoms with Crippen molar-refractivity contribution in [3.05, 3.63) is 77.8 Å². The number of ether oxygens (including phenoxy) is 1. The van der Waals surface area contributed by atoms with Crippen molar-refractivity contribution < 1.29 is 23.8 Å². The van der Waals surface area contributed by atoms with Crippen molar-refractivity contribution in [2.24, 2.45) is 0 Å². The van der Waals surface area contributed by atoms with Crippen molar-refractivity contribution >= 4 is 17.4 Å². The van der Waals surface area contributed by atoms with Gasteiger partial charge in [0.1, 0.15) is 29.1 Å². The van der Waals surface area contributed by atoms with Crippen LogP contribution in [-0.2, 0) is 16.1 Å². The first kappa shape index (κ1) is 21.4. The first-order valence-corrected chi connectivity index (χ1v) is 10.5. The number of rotatable bonds is 8. The van der Waals surface area contributed by atoms with Crippen LogP contribution in [0.3, 0.4) is 0 Å². The van der Waals surface area contributed by atoms with E-state index in [0.717, 1.165) is 0 Å². The lowest BCUT2D eigenvalue weighted by Gasteiger charge is -2.23. The molecule has 8 nitrogen and oxygen atoms in total. The van der Waals surface area contributed by atoms with Gasteiger partial charge in [0, 0.05) is 31.0 Å². The summed E-state index contributed by atoms with van der Waals surface area (Å²) >= 11 is 0. The van der Waals surface area contributed by atoms with E-state index in [1.165, 1.54) is 4.90 Å². The molecule has 0 radical (unpaired) electrons. The molecule has 3 aromatic rings. The number of carbonyl (C=O) groups excluding carboxylic acids is 2. The Bertz CT molecular complexity index is 1150. The normalized spacial score (nSPS) is 17.8. The standard InChI is InChI=1S/C24H25N3O5/c1-3-31-18-7-4-6-17(14-18)22(28)20-21(19-9-8-16(2)32-19)27(24(30)23(20)29)12-5-11-26-13-10-25-15-26/h4,6-10,13-15,21,28H,3,5,11-12H2,1-2H3. The van der Waals surface area contributed by atoms with Gasteiger partial charge in [-0.3, -0.25) is 9.59 Å². The number of imidazole rings is 1. The second-order valence-electron chi connectivity index (χ2n) is 7.56. The van der Waals surface area contributed by atoms with Crippen LogP contribution in [0.2, 0.25) is 0 Å². The average Bonchev–Trinajstić information content (AvgIpc) is 3.51. The van der Waals surface area contributed by atoms with Crippen molar-refractivity contribution in [2.45, 2.75) is 32.9 Å². The van der Waals surface area contributed by atoms with Gasteiger partial charge in [0.2, 0.25) is 0 Å². The number of hydrogen-bond donors (Lipinski definition) is 1. The van der Waals surface area contributed by atoms with Crippen LogP contribution in [0.1, 0.15) is 36.5 Å². The summed E-state index contributed by atoms with van der Waals surface area (Å²) < 4.78 is 13.2. The molecule has 3 heterocycles. The molecule has 1 amide bonds. The number of Topliss-reactive ketones (excluding diaryl/α,β-unsaturated/α-hetero) is 1. The Kier molecular flexibility index (Phi) is 6.11. The van der Waals surface area contributed by atoms with Gasteiger partial charge in [0.05, 0.1) is 18.5 Å². The number of aromatic nitrogens is 2. The van der Waals surface area contributed by atoms with Crippen molar-refractivity contribution in [1.82, 2.24) is 14.5 Å². The molecule has 8 heteroatoms. The van der Waals surface area contributed by atoms with E-state index < -0.39 is 17.7 Å². The molecule has 0 bridgehead atoms. The lowest BCUT2D eigenvalue weighted by Crippen LogP contribution is -2.31. The summed E-state index contributed by atoms with van der Waals surface area (Å²) in [5.74, 6) is 0.0231. The second-order valence-corrected chi connectivity index (χ2v) is 7.56. The van der Waals surface area contributed by atoms with E-state index in [-0.39, 0.29) is 11.3 Å². The summed E-state index contributed by atoms with van der Waals surface area (Å²) in [6, 6.07) is 9.53. The zero-order chi connectivity index (χ0) is 22.7. The van der Waals surface area contributed by atoms with E-state index in [4.69, 9.17) is 9.15 Å². The molecule has 1 aliphatic rings. The topological polar surface area (TPSA) is 97.8 Å². The fourth-order valence-electron chi connectivity index (χ4n) is 3.90. The van der Waals surface area contributed by atoms with Gasteiger partial charge in [-0.15, -0.1) is 0 Å². The van der Waals surface area contributed by atoms with Gasteiger partial charge in [0.15, 0.2) is 0 Å². The van der Waals surface area contributed by atoms with Gasteiger partial charge < -0.3 is 23.7 Å². The van der Waals surface area contributed by atoms with Gasteiger partial charge in [-0.05, 0) is 44.5 Å². The zero-order valence-corrected chi connectivity index (χ0v) is 18.0. The largest absolute Gasteiger partial charge is 0.507 e. The van der Waals surface area contributed by atoms with Crippen LogP contribution in [0.25, 0.3) is 5.76 Å². The highest BCUT2D eigenvalue weighted by molar-refractivity contribution is 6.46. The molecule has 1 aromatic carbocycles. The van der Waals surface area contributed by atoms with Gasteiger partial charge in [-0.2, -0.15) is 0 Å². The molecule has 0 spiro atoms. The number of likely N-dealkylation sites (tertiary alicyclic amines) is 1. The fourth-order valence-corrected chi connectivity index (χ4v) is 3.90. The lowest BCUT2D eigenvalue weighted by molar-refractivity contribution is -0.140. The van der Waals surface area contributed by atoms with E-state index in [2.05, 4.69) is 4.98 Å². The molecule has 1 atom stereocenters. The maximum atomic E-state index is 13.0. The van der Waals surface area contributed by atoms with Gasteiger partial charge in [-0.1, -0.05) is 12.1 Å². The van der Waals surface area contributed by atoms with E-state index in [0.29, 0.717) is 49.0 Å². The minimum atomic E-state index is -0.803. The van der Waals surface area contributed by atoms with Crippen LogP contribution in [0, 0.1) is 6.92 Å². The Morgan fingerprint density at radius 2 is 2.06 bits per heavy atom. The Hall–Kier alpha value is -3.81. The number of carbonyl (C=O) groups is 2. The number of aliphatic hydroxyl groups is 1. The molecule has 1 saturated heterocycles. The summed E-state index contributed by atoms with van der Waals surface area (Å²) in [6.07, 6.45) is 5.84. The number of furan rings is 1. The first-order valence-electron chi connectivity index (χ1n) is 10.5. The van der Waals surface area contributed by atoms with Gasteiger partial charge in [-0.25, -0.2) is 4.98 Å². The zero-order valence-electron chi connectivity index (χ0n) is 18.0. The van der Waals surface area contributed by atoms with Gasteiger partial charge in [0.25, 0.3) is 11.7 Å². The number of nitrogens with zero attached hydrogens (tertiary/aromatic N) is 3. The minimum absolute atomic E-state index is 0.0145. The maximum Gasteiger partial charge on any atom is 0.295 e. The average molecular weight is 435 g/mol. The first-order chi connectivity index (χ1) is 15.5. The van der Waals surface area contributed by atoms with Crippen molar-refractivity contribution in [3.8, 4) is 5.75 Å². The highest BCUT2D eigenvalue weighted by Crippen LogP contribution is 2.40. The Morgan fingerprint density at radius 1 is 1.22 bits per heavy atom. The molecule has 1 aliphatic heterocycles. The predicted octanol–water partition coefficient (Wildman–Crippen LogP) is 3.70. The quantitative estimate of drug-likeness (QED) is 0.329. The molecule has 1 unspecified atom stereocenters. The number of ketones is 1. The summed E-state index contributed by atoms with van der Waals surface area (Å²) in [7, 11) is 0. The molecule has 166 valence electrons. The highest BCUT2D eigenvalue weighted by atomic mass is 16.5. The molecule has 4 rings (SSSR count). The maximum absolute atomic E-state index is 13.0. The number of aryl methyl sites for hydroxylation is 2. The van der Waals surface area contributed by atoms with Crippen LogP contribution < -0.4 is 4.74 Å². The van der Waals surface area contributed by atoms with Crippen molar-refractivity contribution in [2.75, 3.05) is 13.2 Å². The molecule has 0 saturated carbocycles. The fraction of sp³-hybridized carbons (Fsp3) is 0.292. The Balaban J connectivity index is 1.71. The Morgan fingerprint density at radius 3 is 2.75 bits per heavy atom. The van der Waals surface area contributed by atoms with Crippen molar-refractivity contribution in [1.29, 1.82) is 0 Å². The van der Waals surface area contributed by atoms with E-state index in [9.17, 15) is 14.7 Å². The van der Waals surface area contributed by atoms with Crippen molar-refractivity contribution in [3.63, 3.8) is 0 Å². The number of hydrogen-bond acceptors (Lipinski definition) is 6. The smallest absolute Gasteiger partial charge is 0.295 e. The van der Waals surface area contributed by atoms with Crippen LogP contribution in [0.15, 0.2) is 65.1 Å². The summed E-state index contributed by atoms with van der Waals surface area (Å²) in [5, 5.41) is 11.1. The third-order valence-electron chi connectivity index (χ3n) is 5.36. The third kappa shape index (κ3) is 4.16. The SMILES string of the molecule is CCOc1cccc(C(O)=C2C(=O)C(=O)N(CCCn3ccnc3)C2c2ccc(C)o2)c1. The molecule has 1 fully saturated rings. The van der Waals surface area contributed by atoms with E-state index in [1.54, 1.807) is 55.8 Å². The molecular formula is C24H25N3O5. The Labute approximate surface area is 185 Å². The minimum Gasteiger partial charge on any atom is -0.507 e. The number of benzene rings is 1. The van der Waals surface area contributed by atoms with Crippen LogP contribution in [0.4, 0.5) is 0 Å². The van der Waals surface area contributed by atoms with E-state index in [1.807, 2.05) is 17.7 Å². The predicted molar refractivity (Wildman–Crippen MR) is 117 cm³/mol. The summed E-state index contributed by atoms with van der Waals surface area (Å²) in [5.41, 5.74) is 0.418. The lowest BCUT2D eigenvalue weighted by atomic mass is 9.99. The van der Waals surface area contributed by atoms with Crippen LogP contribution in [0.5, 0.6) is 5.75 Å². The molecule has 32 heavy (non-hydrogen) atoms. The molecular weight excluding hydrogens is 410 g/mol. The third-order valence-corrected chi connectivity index (χ3v) is 5.36. The van der Waals surface area contributed by atoms with Gasteiger partial charge >= 0.3 is 0 Å². The summed E-state index contributed by atoms with van der Waals surface area (Å²) in [4.78, 5) is 31.5. The monoisotopic (exact) mass is 435 g/mol. The molecule has 0 aliphatic carbocycles. The van der Waals surface area contributed by atoms with Crippen LogP contribution in [-0.4, -0.2) is 44.4 Å². The van der Waals surface area contributed by atoms with E-state index >= 15 is 0 Å². The highest BCUT2D eigenvalue weighted by Gasteiger charge is 2.47. The number of amides is 1. The van der Waals surface area contributed by atoms with Crippen LogP contribution >= 0.6 is 0 Å². The molecule has 1 N–H and O–H groups in total. The summed E-state index contributed by atoms with van der Waals surface area (Å²) in [6.45, 7) is 5.09.